The number of carbonyl (C=O) groups is 1. The van der Waals surface area contributed by atoms with Crippen LogP contribution in [0.25, 0.3) is 0 Å². The van der Waals surface area contributed by atoms with Crippen molar-refractivity contribution in [1.29, 1.82) is 0 Å². The van der Waals surface area contributed by atoms with Gasteiger partial charge >= 0.3 is 5.97 Å². The first-order valence-corrected chi connectivity index (χ1v) is 7.35. The third kappa shape index (κ3) is 2.30. The van der Waals surface area contributed by atoms with Gasteiger partial charge in [-0.3, -0.25) is 10.1 Å². The molecule has 3 atom stereocenters. The van der Waals surface area contributed by atoms with Crippen molar-refractivity contribution in [3.63, 3.8) is 0 Å². The van der Waals surface area contributed by atoms with E-state index in [0.29, 0.717) is 5.92 Å². The van der Waals surface area contributed by atoms with E-state index < -0.39 is 10.9 Å². The molecule has 3 aliphatic carbocycles. The van der Waals surface area contributed by atoms with E-state index in [9.17, 15) is 14.9 Å². The zero-order valence-electron chi connectivity index (χ0n) is 12.2. The summed E-state index contributed by atoms with van der Waals surface area (Å²) in [6.07, 6.45) is 3.06. The normalized spacial score (nSPS) is 29.3. The molecule has 5 nitrogen and oxygen atoms in total. The minimum atomic E-state index is -0.503. The van der Waals surface area contributed by atoms with Gasteiger partial charge in [-0.2, -0.15) is 0 Å². The van der Waals surface area contributed by atoms with Crippen molar-refractivity contribution < 1.29 is 14.5 Å². The summed E-state index contributed by atoms with van der Waals surface area (Å²) in [6, 6.07) is 5.72. The summed E-state index contributed by atoms with van der Waals surface area (Å²) in [5.74, 6) is 0.707. The Kier molecular flexibility index (Phi) is 3.23. The number of benzene rings is 1. The van der Waals surface area contributed by atoms with Gasteiger partial charge in [0, 0.05) is 18.1 Å². The van der Waals surface area contributed by atoms with E-state index in [4.69, 9.17) is 4.74 Å². The minimum absolute atomic E-state index is 0.0586. The molecule has 3 aliphatic rings. The molecule has 5 heteroatoms. The van der Waals surface area contributed by atoms with E-state index in [1.807, 2.05) is 0 Å². The maximum atomic E-state index is 12.2. The van der Waals surface area contributed by atoms with Gasteiger partial charge in [0.25, 0.3) is 5.69 Å². The molecule has 4 rings (SSSR count). The molecule has 112 valence electrons. The average Bonchev–Trinajstić information content (AvgIpc) is 2.47. The van der Waals surface area contributed by atoms with E-state index in [1.165, 1.54) is 18.2 Å². The van der Waals surface area contributed by atoms with E-state index in [0.717, 1.165) is 25.2 Å². The first-order valence-electron chi connectivity index (χ1n) is 7.35. The van der Waals surface area contributed by atoms with Crippen LogP contribution in [-0.2, 0) is 4.74 Å². The summed E-state index contributed by atoms with van der Waals surface area (Å²) in [4.78, 5) is 22.5. The third-order valence-electron chi connectivity index (χ3n) is 5.35. The first-order chi connectivity index (χ1) is 9.89. The van der Waals surface area contributed by atoms with Crippen molar-refractivity contribution >= 4 is 11.7 Å². The fourth-order valence-corrected chi connectivity index (χ4v) is 3.84. The van der Waals surface area contributed by atoms with Gasteiger partial charge in [-0.05, 0) is 36.7 Å². The predicted molar refractivity (Wildman–Crippen MR) is 76.9 cm³/mol. The van der Waals surface area contributed by atoms with E-state index in [2.05, 4.69) is 13.8 Å². The lowest BCUT2D eigenvalue weighted by molar-refractivity contribution is -0.384. The van der Waals surface area contributed by atoms with E-state index in [-0.39, 0.29) is 22.8 Å². The number of nitro groups is 1. The highest BCUT2D eigenvalue weighted by atomic mass is 16.6. The third-order valence-corrected chi connectivity index (χ3v) is 5.35. The van der Waals surface area contributed by atoms with Gasteiger partial charge in [0.15, 0.2) is 0 Å². The van der Waals surface area contributed by atoms with Crippen molar-refractivity contribution in [2.24, 2.45) is 17.3 Å². The van der Waals surface area contributed by atoms with Crippen molar-refractivity contribution in [1.82, 2.24) is 0 Å². The molecule has 0 heterocycles. The van der Waals surface area contributed by atoms with Gasteiger partial charge in [0.2, 0.25) is 0 Å². The monoisotopic (exact) mass is 289 g/mol. The second-order valence-electron chi connectivity index (χ2n) is 6.69. The smallest absolute Gasteiger partial charge is 0.338 e. The fourth-order valence-electron chi connectivity index (χ4n) is 3.84. The highest BCUT2D eigenvalue weighted by molar-refractivity contribution is 5.90. The van der Waals surface area contributed by atoms with Crippen LogP contribution in [0.1, 0.15) is 43.5 Å². The standard InChI is InChI=1S/C16H19NO4/c1-16(2)11-6-7-14(13(16)9-11)21-15(18)10-4-3-5-12(8-10)17(19)20/h3-5,8,11,13-14H,6-7,9H2,1-2H3/t11-,13-,14+/m0/s1. The Morgan fingerprint density at radius 3 is 2.76 bits per heavy atom. The average molecular weight is 289 g/mol. The van der Waals surface area contributed by atoms with Crippen LogP contribution in [0.4, 0.5) is 5.69 Å². The molecule has 0 radical (unpaired) electrons. The Balaban J connectivity index is 1.72. The summed E-state index contributed by atoms with van der Waals surface area (Å²) in [7, 11) is 0. The number of ether oxygens (including phenoxy) is 1. The Labute approximate surface area is 123 Å². The summed E-state index contributed by atoms with van der Waals surface area (Å²) in [5, 5.41) is 10.8. The summed E-state index contributed by atoms with van der Waals surface area (Å²) in [6.45, 7) is 4.47. The topological polar surface area (TPSA) is 69.4 Å². The molecule has 0 unspecified atom stereocenters. The van der Waals surface area contributed by atoms with Crippen LogP contribution in [0.15, 0.2) is 24.3 Å². The Hall–Kier alpha value is -1.91. The lowest BCUT2D eigenvalue weighted by Gasteiger charge is -2.59. The highest BCUT2D eigenvalue weighted by Gasteiger charge is 2.55. The van der Waals surface area contributed by atoms with Gasteiger partial charge in [-0.25, -0.2) is 4.79 Å². The van der Waals surface area contributed by atoms with Crippen molar-refractivity contribution in [2.45, 2.75) is 39.2 Å². The lowest BCUT2D eigenvalue weighted by Crippen LogP contribution is -2.55. The second kappa shape index (κ2) is 4.83. The number of fused-ring (bicyclic) bond motifs is 2. The van der Waals surface area contributed by atoms with Crippen LogP contribution < -0.4 is 0 Å². The zero-order valence-corrected chi connectivity index (χ0v) is 12.2. The molecule has 3 saturated carbocycles. The van der Waals surface area contributed by atoms with Crippen LogP contribution in [0.5, 0.6) is 0 Å². The highest BCUT2D eigenvalue weighted by Crippen LogP contribution is 2.59. The molecule has 2 bridgehead atoms. The van der Waals surface area contributed by atoms with Gasteiger partial charge in [-0.1, -0.05) is 19.9 Å². The molecule has 0 aliphatic heterocycles. The molecule has 0 amide bonds. The van der Waals surface area contributed by atoms with Gasteiger partial charge < -0.3 is 4.74 Å². The molecule has 1 aromatic rings. The van der Waals surface area contributed by atoms with Crippen molar-refractivity contribution in [3.8, 4) is 0 Å². The van der Waals surface area contributed by atoms with Gasteiger partial charge in [0.05, 0.1) is 10.5 Å². The molecule has 0 spiro atoms. The molecule has 21 heavy (non-hydrogen) atoms. The summed E-state index contributed by atoms with van der Waals surface area (Å²) < 4.78 is 5.64. The van der Waals surface area contributed by atoms with Crippen molar-refractivity contribution in [2.75, 3.05) is 0 Å². The Bertz CT molecular complexity index is 594. The molecular weight excluding hydrogens is 270 g/mol. The lowest BCUT2D eigenvalue weighted by atomic mass is 9.48. The number of nitro benzene ring substituents is 1. The van der Waals surface area contributed by atoms with Crippen LogP contribution in [0.3, 0.4) is 0 Å². The first kappa shape index (κ1) is 14.0. The Morgan fingerprint density at radius 2 is 2.14 bits per heavy atom. The van der Waals surface area contributed by atoms with E-state index >= 15 is 0 Å². The largest absolute Gasteiger partial charge is 0.458 e. The molecule has 0 N–H and O–H groups in total. The number of nitrogens with zero attached hydrogens (tertiary/aromatic N) is 1. The molecule has 3 fully saturated rings. The minimum Gasteiger partial charge on any atom is -0.458 e. The van der Waals surface area contributed by atoms with Crippen LogP contribution in [0.2, 0.25) is 0 Å². The number of hydrogen-bond acceptors (Lipinski definition) is 4. The quantitative estimate of drug-likeness (QED) is 0.484. The van der Waals surface area contributed by atoms with Crippen molar-refractivity contribution in [3.05, 3.63) is 39.9 Å². The maximum Gasteiger partial charge on any atom is 0.338 e. The molecular formula is C16H19NO4. The predicted octanol–water partition coefficient (Wildman–Crippen LogP) is 3.58. The second-order valence-corrected chi connectivity index (χ2v) is 6.69. The number of hydrogen-bond donors (Lipinski definition) is 0. The number of esters is 1. The zero-order chi connectivity index (χ0) is 15.2. The summed E-state index contributed by atoms with van der Waals surface area (Å²) >= 11 is 0. The maximum absolute atomic E-state index is 12.2. The molecule has 0 saturated heterocycles. The van der Waals surface area contributed by atoms with Crippen LogP contribution >= 0.6 is 0 Å². The van der Waals surface area contributed by atoms with Crippen LogP contribution in [0, 0.1) is 27.4 Å². The van der Waals surface area contributed by atoms with Gasteiger partial charge in [-0.15, -0.1) is 0 Å². The summed E-state index contributed by atoms with van der Waals surface area (Å²) in [5.41, 5.74) is 0.409. The Morgan fingerprint density at radius 1 is 1.38 bits per heavy atom. The van der Waals surface area contributed by atoms with Crippen LogP contribution in [-0.4, -0.2) is 17.0 Å². The number of non-ortho nitro benzene ring substituents is 1. The molecule has 0 aromatic heterocycles. The number of rotatable bonds is 3. The number of carbonyl (C=O) groups excluding carboxylic acids is 1. The van der Waals surface area contributed by atoms with E-state index in [1.54, 1.807) is 6.07 Å². The SMILES string of the molecule is CC1(C)[C@H]2CC[C@@H](OC(=O)c3cccc([N+](=O)[O-])c3)[C@@H]1C2. The fraction of sp³-hybridized carbons (Fsp3) is 0.562. The van der Waals surface area contributed by atoms with Gasteiger partial charge in [0.1, 0.15) is 6.10 Å². The molecule has 1 aromatic carbocycles.